The number of nitrogens with one attached hydrogen (secondary N) is 1. The first kappa shape index (κ1) is 11.1. The molecule has 0 fully saturated rings. The minimum Gasteiger partial charge on any atom is -0.310 e. The second-order valence-corrected chi connectivity index (χ2v) is 3.60. The maximum atomic E-state index is 4.33. The van der Waals surface area contributed by atoms with E-state index in [0.29, 0.717) is 6.04 Å². The van der Waals surface area contributed by atoms with Crippen molar-refractivity contribution in [3.8, 4) is 0 Å². The fourth-order valence-electron chi connectivity index (χ4n) is 1.39. The Morgan fingerprint density at radius 3 is 2.50 bits per heavy atom. The quantitative estimate of drug-likeness (QED) is 0.779. The lowest BCUT2D eigenvalue weighted by atomic mass is 10.1. The first-order valence-corrected chi connectivity index (χ1v) is 5.23. The predicted octanol–water partition coefficient (Wildman–Crippen LogP) is 2.24. The summed E-state index contributed by atoms with van der Waals surface area (Å²) < 4.78 is 0. The van der Waals surface area contributed by atoms with Gasteiger partial charge in [-0.05, 0) is 26.0 Å². The van der Waals surface area contributed by atoms with E-state index in [1.165, 1.54) is 12.8 Å². The Morgan fingerprint density at radius 2 is 2.00 bits per heavy atom. The van der Waals surface area contributed by atoms with Crippen LogP contribution < -0.4 is 5.32 Å². The molecular formula is C11H19N3. The molecule has 1 aromatic heterocycles. The van der Waals surface area contributed by atoms with Crippen molar-refractivity contribution in [2.24, 2.45) is 0 Å². The number of rotatable bonds is 5. The van der Waals surface area contributed by atoms with E-state index in [4.69, 9.17) is 0 Å². The lowest BCUT2D eigenvalue weighted by Crippen LogP contribution is -2.18. The third-order valence-corrected chi connectivity index (χ3v) is 2.31. The number of aromatic nitrogens is 2. The van der Waals surface area contributed by atoms with Gasteiger partial charge in [0, 0.05) is 12.4 Å². The zero-order chi connectivity index (χ0) is 10.4. The molecule has 1 heterocycles. The molecule has 0 radical (unpaired) electrons. The van der Waals surface area contributed by atoms with Gasteiger partial charge in [0.05, 0.1) is 6.04 Å². The summed E-state index contributed by atoms with van der Waals surface area (Å²) in [6.45, 7) is 4.20. The van der Waals surface area contributed by atoms with Crippen LogP contribution in [0.4, 0.5) is 0 Å². The highest BCUT2D eigenvalue weighted by Gasteiger charge is 2.10. The van der Waals surface area contributed by atoms with Crippen LogP contribution in [-0.4, -0.2) is 17.0 Å². The first-order chi connectivity index (χ1) is 6.77. The van der Waals surface area contributed by atoms with Crippen LogP contribution in [0.2, 0.25) is 0 Å². The molecular weight excluding hydrogens is 174 g/mol. The highest BCUT2D eigenvalue weighted by atomic mass is 15.0. The third-order valence-electron chi connectivity index (χ3n) is 2.31. The number of hydrogen-bond acceptors (Lipinski definition) is 3. The SMILES string of the molecule is CCCCC(NC)c1ncc(C)cn1. The molecule has 1 aromatic rings. The highest BCUT2D eigenvalue weighted by molar-refractivity contribution is 5.04. The molecule has 1 atom stereocenters. The fourth-order valence-corrected chi connectivity index (χ4v) is 1.39. The molecule has 0 spiro atoms. The topological polar surface area (TPSA) is 37.8 Å². The monoisotopic (exact) mass is 193 g/mol. The average Bonchev–Trinajstić information content (AvgIpc) is 2.21. The first-order valence-electron chi connectivity index (χ1n) is 5.23. The molecule has 1 N–H and O–H groups in total. The molecule has 0 aliphatic heterocycles. The van der Waals surface area contributed by atoms with Crippen LogP contribution in [0.1, 0.15) is 43.6 Å². The molecule has 1 unspecified atom stereocenters. The molecule has 0 aliphatic carbocycles. The number of unbranched alkanes of at least 4 members (excludes halogenated alkanes) is 1. The molecule has 0 saturated carbocycles. The van der Waals surface area contributed by atoms with Gasteiger partial charge in [0.1, 0.15) is 5.82 Å². The molecule has 3 heteroatoms. The van der Waals surface area contributed by atoms with Crippen molar-refractivity contribution < 1.29 is 0 Å². The van der Waals surface area contributed by atoms with Gasteiger partial charge in [0.25, 0.3) is 0 Å². The van der Waals surface area contributed by atoms with Crippen LogP contribution in [-0.2, 0) is 0 Å². The molecule has 1 rings (SSSR count). The zero-order valence-corrected chi connectivity index (χ0v) is 9.25. The van der Waals surface area contributed by atoms with Gasteiger partial charge in [0.2, 0.25) is 0 Å². The molecule has 0 amide bonds. The van der Waals surface area contributed by atoms with Crippen LogP contribution in [0.5, 0.6) is 0 Å². The Hall–Kier alpha value is -0.960. The maximum Gasteiger partial charge on any atom is 0.145 e. The summed E-state index contributed by atoms with van der Waals surface area (Å²) in [6.07, 6.45) is 7.28. The lowest BCUT2D eigenvalue weighted by Gasteiger charge is -2.13. The van der Waals surface area contributed by atoms with Gasteiger partial charge in [-0.25, -0.2) is 9.97 Å². The van der Waals surface area contributed by atoms with Gasteiger partial charge < -0.3 is 5.32 Å². The van der Waals surface area contributed by atoms with Gasteiger partial charge in [0.15, 0.2) is 0 Å². The standard InChI is InChI=1S/C11H19N3/c1-4-5-6-10(12-3)11-13-7-9(2)8-14-11/h7-8,10,12H,4-6H2,1-3H3. The second kappa shape index (κ2) is 5.70. The summed E-state index contributed by atoms with van der Waals surface area (Å²) in [6, 6.07) is 0.301. The van der Waals surface area contributed by atoms with Crippen LogP contribution in [0.25, 0.3) is 0 Å². The van der Waals surface area contributed by atoms with Gasteiger partial charge in [-0.3, -0.25) is 0 Å². The minimum atomic E-state index is 0.301. The third kappa shape index (κ3) is 3.07. The molecule has 0 aliphatic rings. The van der Waals surface area contributed by atoms with Crippen molar-refractivity contribution >= 4 is 0 Å². The molecule has 0 saturated heterocycles. The summed E-state index contributed by atoms with van der Waals surface area (Å²) in [4.78, 5) is 8.66. The largest absolute Gasteiger partial charge is 0.310 e. The number of hydrogen-bond donors (Lipinski definition) is 1. The van der Waals surface area contributed by atoms with Gasteiger partial charge in [-0.2, -0.15) is 0 Å². The highest BCUT2D eigenvalue weighted by Crippen LogP contribution is 2.14. The van der Waals surface area contributed by atoms with Gasteiger partial charge >= 0.3 is 0 Å². The maximum absolute atomic E-state index is 4.33. The number of aryl methyl sites for hydroxylation is 1. The lowest BCUT2D eigenvalue weighted by molar-refractivity contribution is 0.498. The van der Waals surface area contributed by atoms with Crippen LogP contribution in [0.3, 0.4) is 0 Å². The van der Waals surface area contributed by atoms with E-state index >= 15 is 0 Å². The van der Waals surface area contributed by atoms with Crippen molar-refractivity contribution in [2.45, 2.75) is 39.2 Å². The Morgan fingerprint density at radius 1 is 1.36 bits per heavy atom. The molecule has 14 heavy (non-hydrogen) atoms. The van der Waals surface area contributed by atoms with Gasteiger partial charge in [-0.1, -0.05) is 19.8 Å². The van der Waals surface area contributed by atoms with E-state index in [1.54, 1.807) is 0 Å². The summed E-state index contributed by atoms with van der Waals surface area (Å²) in [5, 5.41) is 3.25. The van der Waals surface area contributed by atoms with Crippen LogP contribution in [0.15, 0.2) is 12.4 Å². The van der Waals surface area contributed by atoms with E-state index in [-0.39, 0.29) is 0 Å². The molecule has 78 valence electrons. The number of nitrogens with zero attached hydrogens (tertiary/aromatic N) is 2. The van der Waals surface area contributed by atoms with E-state index in [9.17, 15) is 0 Å². The minimum absolute atomic E-state index is 0.301. The van der Waals surface area contributed by atoms with E-state index < -0.39 is 0 Å². The van der Waals surface area contributed by atoms with E-state index in [1.807, 2.05) is 26.4 Å². The fraction of sp³-hybridized carbons (Fsp3) is 0.636. The summed E-state index contributed by atoms with van der Waals surface area (Å²) in [7, 11) is 1.96. The van der Waals surface area contributed by atoms with Crippen molar-refractivity contribution in [1.29, 1.82) is 0 Å². The summed E-state index contributed by atoms with van der Waals surface area (Å²) >= 11 is 0. The van der Waals surface area contributed by atoms with E-state index in [0.717, 1.165) is 17.8 Å². The average molecular weight is 193 g/mol. The van der Waals surface area contributed by atoms with Crippen molar-refractivity contribution in [3.63, 3.8) is 0 Å². The Kier molecular flexibility index (Phi) is 4.53. The van der Waals surface area contributed by atoms with Crippen molar-refractivity contribution in [1.82, 2.24) is 15.3 Å². The normalized spacial score (nSPS) is 12.8. The van der Waals surface area contributed by atoms with Crippen LogP contribution in [0, 0.1) is 6.92 Å². The van der Waals surface area contributed by atoms with E-state index in [2.05, 4.69) is 22.2 Å². The molecule has 0 bridgehead atoms. The smallest absolute Gasteiger partial charge is 0.145 e. The van der Waals surface area contributed by atoms with Crippen molar-refractivity contribution in [2.75, 3.05) is 7.05 Å². The van der Waals surface area contributed by atoms with Gasteiger partial charge in [-0.15, -0.1) is 0 Å². The zero-order valence-electron chi connectivity index (χ0n) is 9.25. The van der Waals surface area contributed by atoms with Crippen LogP contribution >= 0.6 is 0 Å². The molecule has 0 aromatic carbocycles. The molecule has 3 nitrogen and oxygen atoms in total. The predicted molar refractivity (Wildman–Crippen MR) is 58.1 cm³/mol. The Balaban J connectivity index is 2.64. The Bertz CT molecular complexity index is 256. The second-order valence-electron chi connectivity index (χ2n) is 3.60. The summed E-state index contributed by atoms with van der Waals surface area (Å²) in [5.41, 5.74) is 1.11. The summed E-state index contributed by atoms with van der Waals surface area (Å²) in [5.74, 6) is 0.909. The Labute approximate surface area is 86.0 Å². The van der Waals surface area contributed by atoms with Crippen molar-refractivity contribution in [3.05, 3.63) is 23.8 Å².